The van der Waals surface area contributed by atoms with E-state index in [9.17, 15) is 9.59 Å². The van der Waals surface area contributed by atoms with Gasteiger partial charge in [0.25, 0.3) is 0 Å². The molecule has 0 atom stereocenters. The van der Waals surface area contributed by atoms with Gasteiger partial charge in [-0.15, -0.1) is 0 Å². The first-order valence-electron chi connectivity index (χ1n) is 6.28. The zero-order valence-electron chi connectivity index (χ0n) is 10.7. The Bertz CT molecular complexity index is 775. The van der Waals surface area contributed by atoms with Crippen molar-refractivity contribution in [1.82, 2.24) is 10.2 Å². The Balaban J connectivity index is 1.80. The molecule has 0 aliphatic heterocycles. The monoisotopic (exact) mass is 264 g/mol. The molecule has 20 heavy (non-hydrogen) atoms. The first-order valence-corrected chi connectivity index (χ1v) is 6.28. The first kappa shape index (κ1) is 12.3. The molecule has 3 aromatic rings. The number of ketones is 2. The van der Waals surface area contributed by atoms with Gasteiger partial charge in [-0.1, -0.05) is 30.3 Å². The second-order valence-corrected chi connectivity index (χ2v) is 4.56. The van der Waals surface area contributed by atoms with Crippen LogP contribution in [0.5, 0.6) is 0 Å². The molecule has 0 bridgehead atoms. The van der Waals surface area contributed by atoms with Gasteiger partial charge in [0, 0.05) is 16.5 Å². The molecule has 0 unspecified atom stereocenters. The molecular weight excluding hydrogens is 252 g/mol. The average Bonchev–Trinajstić information content (AvgIpc) is 2.95. The number of hydrogen-bond donors (Lipinski definition) is 1. The van der Waals surface area contributed by atoms with Crippen LogP contribution in [0.3, 0.4) is 0 Å². The van der Waals surface area contributed by atoms with Crippen molar-refractivity contribution in [1.29, 1.82) is 0 Å². The third-order valence-electron chi connectivity index (χ3n) is 3.18. The normalized spacial score (nSPS) is 10.6. The SMILES string of the molecule is O=C(CC(=O)c1ccc2[nH]ncc2c1)c1ccccc1. The standard InChI is InChI=1S/C16H12N2O2/c19-15(11-4-2-1-3-5-11)9-16(20)12-6-7-14-13(8-12)10-17-18-14/h1-8,10H,9H2,(H,17,18). The van der Waals surface area contributed by atoms with Crippen molar-refractivity contribution in [2.24, 2.45) is 0 Å². The summed E-state index contributed by atoms with van der Waals surface area (Å²) in [5.41, 5.74) is 1.96. The Morgan fingerprint density at radius 2 is 1.70 bits per heavy atom. The first-order chi connectivity index (χ1) is 9.74. The van der Waals surface area contributed by atoms with Gasteiger partial charge in [-0.3, -0.25) is 14.7 Å². The van der Waals surface area contributed by atoms with Gasteiger partial charge in [0.1, 0.15) is 0 Å². The molecule has 0 aliphatic carbocycles. The molecule has 2 aromatic carbocycles. The van der Waals surface area contributed by atoms with Gasteiger partial charge in [-0.2, -0.15) is 5.10 Å². The fourth-order valence-corrected chi connectivity index (χ4v) is 2.09. The van der Waals surface area contributed by atoms with Gasteiger partial charge in [-0.05, 0) is 18.2 Å². The Kier molecular flexibility index (Phi) is 3.13. The van der Waals surface area contributed by atoms with Crippen LogP contribution in [-0.4, -0.2) is 21.8 Å². The molecule has 0 amide bonds. The number of H-pyrrole nitrogens is 1. The van der Waals surface area contributed by atoms with Crippen LogP contribution in [0.15, 0.2) is 54.7 Å². The molecule has 0 spiro atoms. The number of benzene rings is 2. The van der Waals surface area contributed by atoms with Crippen LogP contribution >= 0.6 is 0 Å². The largest absolute Gasteiger partial charge is 0.294 e. The summed E-state index contributed by atoms with van der Waals surface area (Å²) in [7, 11) is 0. The number of nitrogens with zero attached hydrogens (tertiary/aromatic N) is 1. The number of hydrogen-bond acceptors (Lipinski definition) is 3. The van der Waals surface area contributed by atoms with Crippen LogP contribution in [0.2, 0.25) is 0 Å². The summed E-state index contributed by atoms with van der Waals surface area (Å²) < 4.78 is 0. The summed E-state index contributed by atoms with van der Waals surface area (Å²) >= 11 is 0. The Labute approximate surface area is 115 Å². The van der Waals surface area contributed by atoms with E-state index in [1.165, 1.54) is 0 Å². The topological polar surface area (TPSA) is 62.8 Å². The van der Waals surface area contributed by atoms with Crippen LogP contribution in [0.1, 0.15) is 27.1 Å². The van der Waals surface area contributed by atoms with Crippen LogP contribution in [0.25, 0.3) is 10.9 Å². The Morgan fingerprint density at radius 3 is 2.50 bits per heavy atom. The second kappa shape index (κ2) is 5.09. The highest BCUT2D eigenvalue weighted by molar-refractivity contribution is 6.14. The van der Waals surface area contributed by atoms with Gasteiger partial charge < -0.3 is 0 Å². The smallest absolute Gasteiger partial charge is 0.170 e. The van der Waals surface area contributed by atoms with Crippen molar-refractivity contribution >= 4 is 22.5 Å². The van der Waals surface area contributed by atoms with Gasteiger partial charge >= 0.3 is 0 Å². The lowest BCUT2D eigenvalue weighted by Crippen LogP contribution is -2.08. The van der Waals surface area contributed by atoms with Crippen LogP contribution in [0, 0.1) is 0 Å². The van der Waals surface area contributed by atoms with Crippen molar-refractivity contribution in [2.75, 3.05) is 0 Å². The lowest BCUT2D eigenvalue weighted by atomic mass is 10.0. The summed E-state index contributed by atoms with van der Waals surface area (Å²) in [6, 6.07) is 14.1. The minimum absolute atomic E-state index is 0.118. The molecule has 0 aliphatic rings. The summed E-state index contributed by atoms with van der Waals surface area (Å²) in [6.07, 6.45) is 1.54. The predicted octanol–water partition coefficient (Wildman–Crippen LogP) is 3.02. The van der Waals surface area contributed by atoms with Crippen molar-refractivity contribution in [3.8, 4) is 0 Å². The van der Waals surface area contributed by atoms with Crippen molar-refractivity contribution < 1.29 is 9.59 Å². The van der Waals surface area contributed by atoms with Crippen molar-refractivity contribution in [2.45, 2.75) is 6.42 Å². The lowest BCUT2D eigenvalue weighted by molar-refractivity contribution is 0.0894. The molecule has 3 rings (SSSR count). The molecule has 1 heterocycles. The lowest BCUT2D eigenvalue weighted by Gasteiger charge is -2.01. The minimum Gasteiger partial charge on any atom is -0.294 e. The van der Waals surface area contributed by atoms with E-state index in [2.05, 4.69) is 10.2 Å². The maximum absolute atomic E-state index is 12.1. The van der Waals surface area contributed by atoms with Crippen molar-refractivity contribution in [3.63, 3.8) is 0 Å². The highest BCUT2D eigenvalue weighted by atomic mass is 16.1. The Hall–Kier alpha value is -2.75. The molecule has 0 saturated heterocycles. The summed E-state index contributed by atoms with van der Waals surface area (Å²) in [5.74, 6) is -0.343. The van der Waals surface area contributed by atoms with Crippen molar-refractivity contribution in [3.05, 3.63) is 65.9 Å². The van der Waals surface area contributed by atoms with E-state index in [1.54, 1.807) is 48.7 Å². The number of carbonyl (C=O) groups excluding carboxylic acids is 2. The molecule has 4 nitrogen and oxygen atoms in total. The summed E-state index contributed by atoms with van der Waals surface area (Å²) in [5, 5.41) is 7.60. The van der Waals surface area contributed by atoms with Crippen LogP contribution in [-0.2, 0) is 0 Å². The van der Waals surface area contributed by atoms with Crippen LogP contribution < -0.4 is 0 Å². The Morgan fingerprint density at radius 1 is 0.950 bits per heavy atom. The zero-order valence-corrected chi connectivity index (χ0v) is 10.7. The van der Waals surface area contributed by atoms with E-state index in [-0.39, 0.29) is 18.0 Å². The predicted molar refractivity (Wildman–Crippen MR) is 75.8 cm³/mol. The van der Waals surface area contributed by atoms with E-state index in [4.69, 9.17) is 0 Å². The fourth-order valence-electron chi connectivity index (χ4n) is 2.09. The number of rotatable bonds is 4. The second-order valence-electron chi connectivity index (χ2n) is 4.56. The van der Waals surface area contributed by atoms with Gasteiger partial charge in [0.2, 0.25) is 0 Å². The van der Waals surface area contributed by atoms with Crippen LogP contribution in [0.4, 0.5) is 0 Å². The molecule has 0 saturated carbocycles. The zero-order chi connectivity index (χ0) is 13.9. The summed E-state index contributed by atoms with van der Waals surface area (Å²) in [6.45, 7) is 0. The van der Waals surface area contributed by atoms with Gasteiger partial charge in [0.05, 0.1) is 18.1 Å². The molecule has 4 heteroatoms. The number of nitrogens with one attached hydrogen (secondary N) is 1. The van der Waals surface area contributed by atoms with E-state index >= 15 is 0 Å². The number of aromatic nitrogens is 2. The summed E-state index contributed by atoms with van der Waals surface area (Å²) in [4.78, 5) is 24.1. The number of carbonyl (C=O) groups is 2. The molecule has 1 aromatic heterocycles. The third-order valence-corrected chi connectivity index (χ3v) is 3.18. The van der Waals surface area contributed by atoms with E-state index < -0.39 is 0 Å². The van der Waals surface area contributed by atoms with Gasteiger partial charge in [-0.25, -0.2) is 0 Å². The molecule has 0 radical (unpaired) electrons. The molecule has 0 fully saturated rings. The molecule has 1 N–H and O–H groups in total. The van der Waals surface area contributed by atoms with E-state index in [0.29, 0.717) is 11.1 Å². The number of aromatic amines is 1. The maximum atomic E-state index is 12.1. The molecular formula is C16H12N2O2. The van der Waals surface area contributed by atoms with E-state index in [1.807, 2.05) is 6.07 Å². The average molecular weight is 264 g/mol. The molecule has 98 valence electrons. The fraction of sp³-hybridized carbons (Fsp3) is 0.0625. The number of Topliss-reactive ketones (excluding diaryl/α,β-unsaturated/α-hetero) is 2. The maximum Gasteiger partial charge on any atom is 0.170 e. The minimum atomic E-state index is -0.179. The highest BCUT2D eigenvalue weighted by Crippen LogP contribution is 2.15. The highest BCUT2D eigenvalue weighted by Gasteiger charge is 2.14. The quantitative estimate of drug-likeness (QED) is 0.582. The van der Waals surface area contributed by atoms with E-state index in [0.717, 1.165) is 10.9 Å². The van der Waals surface area contributed by atoms with Gasteiger partial charge in [0.15, 0.2) is 11.6 Å². The third kappa shape index (κ3) is 2.36. The number of fused-ring (bicyclic) bond motifs is 1.